The Hall–Kier alpha value is -2.95. The number of fused-ring (bicyclic) bond motifs is 1. The Labute approximate surface area is 167 Å². The van der Waals surface area contributed by atoms with Crippen molar-refractivity contribution in [2.45, 2.75) is 27.7 Å². The van der Waals surface area contributed by atoms with Gasteiger partial charge in [-0.2, -0.15) is 0 Å². The maximum atomic E-state index is 5.47. The van der Waals surface area contributed by atoms with E-state index in [1.807, 2.05) is 52.0 Å². The Bertz CT molecular complexity index is 967. The van der Waals surface area contributed by atoms with E-state index >= 15 is 0 Å². The van der Waals surface area contributed by atoms with Gasteiger partial charge in [-0.1, -0.05) is 13.8 Å². The van der Waals surface area contributed by atoms with Gasteiger partial charge in [0.15, 0.2) is 23.0 Å². The number of aryl methyl sites for hydroxylation is 2. The maximum Gasteiger partial charge on any atom is 0.163 e. The van der Waals surface area contributed by atoms with Crippen LogP contribution in [0.15, 0.2) is 30.3 Å². The first-order valence-corrected chi connectivity index (χ1v) is 9.28. The second-order valence-electron chi connectivity index (χ2n) is 6.05. The number of hydrogen-bond acceptors (Lipinski definition) is 5. The van der Waals surface area contributed by atoms with Crippen molar-refractivity contribution >= 4 is 10.8 Å². The Morgan fingerprint density at radius 1 is 0.679 bits per heavy atom. The Morgan fingerprint density at radius 3 is 1.86 bits per heavy atom. The molecule has 0 bridgehead atoms. The van der Waals surface area contributed by atoms with E-state index in [0.717, 1.165) is 39.0 Å². The predicted molar refractivity (Wildman–Crippen MR) is 114 cm³/mol. The molecule has 1 heterocycles. The highest BCUT2D eigenvalue weighted by Crippen LogP contribution is 2.38. The molecule has 0 fully saturated rings. The molecule has 0 aliphatic rings. The van der Waals surface area contributed by atoms with Crippen LogP contribution >= 0.6 is 0 Å². The van der Waals surface area contributed by atoms with E-state index in [9.17, 15) is 0 Å². The molecule has 0 unspecified atom stereocenters. The summed E-state index contributed by atoms with van der Waals surface area (Å²) in [6, 6.07) is 9.97. The lowest BCUT2D eigenvalue weighted by Crippen LogP contribution is -1.97. The van der Waals surface area contributed by atoms with Gasteiger partial charge in [0.2, 0.25) is 0 Å². The van der Waals surface area contributed by atoms with Crippen LogP contribution in [-0.4, -0.2) is 33.4 Å². The average Bonchev–Trinajstić information content (AvgIpc) is 2.73. The molecule has 0 N–H and O–H groups in total. The molecule has 0 aliphatic heterocycles. The zero-order valence-corrected chi connectivity index (χ0v) is 18.0. The fourth-order valence-electron chi connectivity index (χ4n) is 3.20. The Balaban J connectivity index is 0.00000136. The van der Waals surface area contributed by atoms with Crippen molar-refractivity contribution in [2.24, 2.45) is 0 Å². The highest BCUT2D eigenvalue weighted by Gasteiger charge is 2.14. The number of ether oxygens (including phenoxy) is 4. The summed E-state index contributed by atoms with van der Waals surface area (Å²) in [5.41, 5.74) is 3.76. The monoisotopic (exact) mass is 383 g/mol. The van der Waals surface area contributed by atoms with E-state index in [4.69, 9.17) is 23.9 Å². The molecule has 5 heteroatoms. The first-order valence-electron chi connectivity index (χ1n) is 9.28. The molecular formula is C23H29NO4. The fourth-order valence-corrected chi connectivity index (χ4v) is 3.20. The fraction of sp³-hybridized carbons (Fsp3) is 0.348. The van der Waals surface area contributed by atoms with Gasteiger partial charge in [0, 0.05) is 16.6 Å². The number of aromatic nitrogens is 1. The van der Waals surface area contributed by atoms with Gasteiger partial charge in [-0.15, -0.1) is 0 Å². The lowest BCUT2D eigenvalue weighted by atomic mass is 10.0. The van der Waals surface area contributed by atoms with Crippen LogP contribution in [0.2, 0.25) is 0 Å². The maximum absolute atomic E-state index is 5.47. The van der Waals surface area contributed by atoms with Gasteiger partial charge in [0.25, 0.3) is 0 Å². The minimum Gasteiger partial charge on any atom is -0.493 e. The molecule has 150 valence electrons. The van der Waals surface area contributed by atoms with E-state index < -0.39 is 0 Å². The van der Waals surface area contributed by atoms with E-state index in [1.54, 1.807) is 28.4 Å². The largest absolute Gasteiger partial charge is 0.493 e. The summed E-state index contributed by atoms with van der Waals surface area (Å²) in [7, 11) is 6.55. The number of nitrogens with zero attached hydrogens (tertiary/aromatic N) is 1. The molecule has 0 spiro atoms. The molecule has 28 heavy (non-hydrogen) atoms. The lowest BCUT2D eigenvalue weighted by molar-refractivity contribution is 0.353. The van der Waals surface area contributed by atoms with Gasteiger partial charge < -0.3 is 18.9 Å². The first kappa shape index (κ1) is 21.4. The van der Waals surface area contributed by atoms with Crippen LogP contribution < -0.4 is 18.9 Å². The van der Waals surface area contributed by atoms with Gasteiger partial charge in [-0.3, -0.25) is 4.98 Å². The summed E-state index contributed by atoms with van der Waals surface area (Å²) in [5.74, 6) is 2.81. The molecule has 5 nitrogen and oxygen atoms in total. The number of benzene rings is 2. The van der Waals surface area contributed by atoms with E-state index in [-0.39, 0.29) is 0 Å². The molecule has 3 rings (SSSR count). The number of pyridine rings is 1. The number of rotatable bonds is 5. The smallest absolute Gasteiger partial charge is 0.163 e. The second-order valence-corrected chi connectivity index (χ2v) is 6.05. The summed E-state index contributed by atoms with van der Waals surface area (Å²) in [5, 5.41) is 2.07. The van der Waals surface area contributed by atoms with Crippen LogP contribution in [0.25, 0.3) is 22.0 Å². The summed E-state index contributed by atoms with van der Waals surface area (Å²) in [6.07, 6.45) is 0. The van der Waals surface area contributed by atoms with Crippen LogP contribution in [0.4, 0.5) is 0 Å². The standard InChI is InChI=1S/C21H23NO4.C2H6/c1-12-7-15(10-20(25-5)21(12)26-6)17-8-14-9-18(23-3)19(24-4)11-16(14)13(2)22-17;1-2/h7-11H,1-6H3;1-2H3. The molecule has 3 aromatic rings. The van der Waals surface area contributed by atoms with Crippen molar-refractivity contribution in [3.8, 4) is 34.3 Å². The molecule has 0 radical (unpaired) electrons. The molecule has 0 saturated carbocycles. The molecule has 0 saturated heterocycles. The lowest BCUT2D eigenvalue weighted by Gasteiger charge is -2.14. The van der Waals surface area contributed by atoms with Crippen molar-refractivity contribution in [1.29, 1.82) is 0 Å². The molecule has 0 aliphatic carbocycles. The van der Waals surface area contributed by atoms with E-state index in [2.05, 4.69) is 6.07 Å². The van der Waals surface area contributed by atoms with Crippen LogP contribution in [0.5, 0.6) is 23.0 Å². The van der Waals surface area contributed by atoms with E-state index in [0.29, 0.717) is 17.2 Å². The Kier molecular flexibility index (Phi) is 7.10. The summed E-state index contributed by atoms with van der Waals surface area (Å²) < 4.78 is 21.7. The van der Waals surface area contributed by atoms with Gasteiger partial charge in [0.05, 0.1) is 34.1 Å². The predicted octanol–water partition coefficient (Wildman–Crippen LogP) is 5.58. The van der Waals surface area contributed by atoms with Gasteiger partial charge in [-0.05, 0) is 55.1 Å². The third kappa shape index (κ3) is 3.98. The SMILES string of the molecule is CC.COc1cc2cc(-c3cc(C)c(OC)c(OC)c3)nc(C)c2cc1OC. The minimum atomic E-state index is 0.689. The van der Waals surface area contributed by atoms with Crippen LogP contribution in [-0.2, 0) is 0 Å². The Morgan fingerprint density at radius 2 is 1.29 bits per heavy atom. The van der Waals surface area contributed by atoms with Crippen molar-refractivity contribution < 1.29 is 18.9 Å². The molecule has 0 atom stereocenters. The normalized spacial score (nSPS) is 10.1. The minimum absolute atomic E-state index is 0.689. The van der Waals surface area contributed by atoms with Crippen LogP contribution in [0.1, 0.15) is 25.1 Å². The summed E-state index contributed by atoms with van der Waals surface area (Å²) in [4.78, 5) is 4.78. The zero-order chi connectivity index (χ0) is 20.8. The van der Waals surface area contributed by atoms with Crippen LogP contribution in [0, 0.1) is 13.8 Å². The third-order valence-electron chi connectivity index (χ3n) is 4.49. The third-order valence-corrected chi connectivity index (χ3v) is 4.49. The van der Waals surface area contributed by atoms with Gasteiger partial charge in [0.1, 0.15) is 0 Å². The van der Waals surface area contributed by atoms with Crippen molar-refractivity contribution in [1.82, 2.24) is 4.98 Å². The highest BCUT2D eigenvalue weighted by molar-refractivity contribution is 5.90. The van der Waals surface area contributed by atoms with Crippen LogP contribution in [0.3, 0.4) is 0 Å². The quantitative estimate of drug-likeness (QED) is 0.576. The topological polar surface area (TPSA) is 49.8 Å². The average molecular weight is 383 g/mol. The van der Waals surface area contributed by atoms with Crippen molar-refractivity contribution in [2.75, 3.05) is 28.4 Å². The van der Waals surface area contributed by atoms with Crippen molar-refractivity contribution in [3.05, 3.63) is 41.6 Å². The number of methoxy groups -OCH3 is 4. The molecule has 2 aromatic carbocycles. The summed E-state index contributed by atoms with van der Waals surface area (Å²) in [6.45, 7) is 7.98. The summed E-state index contributed by atoms with van der Waals surface area (Å²) >= 11 is 0. The zero-order valence-electron chi connectivity index (χ0n) is 18.0. The molecular weight excluding hydrogens is 354 g/mol. The second kappa shape index (κ2) is 9.31. The van der Waals surface area contributed by atoms with Crippen molar-refractivity contribution in [3.63, 3.8) is 0 Å². The van der Waals surface area contributed by atoms with Gasteiger partial charge >= 0.3 is 0 Å². The van der Waals surface area contributed by atoms with Gasteiger partial charge in [-0.25, -0.2) is 0 Å². The number of hydrogen-bond donors (Lipinski definition) is 0. The van der Waals surface area contributed by atoms with E-state index in [1.165, 1.54) is 0 Å². The molecule has 0 amide bonds. The molecule has 1 aromatic heterocycles. The highest BCUT2D eigenvalue weighted by atomic mass is 16.5. The first-order chi connectivity index (χ1) is 13.5.